The van der Waals surface area contributed by atoms with Gasteiger partial charge in [0.1, 0.15) is 0 Å². The summed E-state index contributed by atoms with van der Waals surface area (Å²) in [5, 5.41) is 3.14. The predicted octanol–water partition coefficient (Wildman–Crippen LogP) is 3.63. The number of halogens is 4. The van der Waals surface area contributed by atoms with Crippen molar-refractivity contribution >= 4 is 11.6 Å². The van der Waals surface area contributed by atoms with Gasteiger partial charge in [0.05, 0.1) is 17.2 Å². The first-order valence-corrected chi connectivity index (χ1v) is 7.29. The van der Waals surface area contributed by atoms with E-state index in [1.165, 1.54) is 6.07 Å². The molecule has 21 heavy (non-hydrogen) atoms. The summed E-state index contributed by atoms with van der Waals surface area (Å²) in [4.78, 5) is 0. The second-order valence-electron chi connectivity index (χ2n) is 6.09. The molecule has 6 heteroatoms. The Morgan fingerprint density at radius 1 is 1.38 bits per heavy atom. The molecule has 1 heterocycles. The molecule has 1 N–H and O–H groups in total. The monoisotopic (exact) mass is 319 g/mol. The van der Waals surface area contributed by atoms with E-state index in [9.17, 15) is 13.2 Å². The molecule has 2 nitrogen and oxygen atoms in total. The topological polar surface area (TPSA) is 21.3 Å². The Balaban J connectivity index is 1.96. The van der Waals surface area contributed by atoms with Gasteiger partial charge in [-0.2, -0.15) is 13.2 Å². The molecule has 116 valence electrons. The molecule has 0 radical (unpaired) electrons. The van der Waals surface area contributed by atoms with E-state index in [2.05, 4.69) is 5.32 Å². The molecule has 0 spiro atoms. The van der Waals surface area contributed by atoms with Crippen LogP contribution in [0.3, 0.4) is 0 Å². The molecule has 0 amide bonds. The van der Waals surface area contributed by atoms with Crippen molar-refractivity contribution in [1.82, 2.24) is 5.32 Å². The SMILES string of the molecule is COCC12CNCCC1(c1ccc(C(F)(F)F)c(Cl)c1)C2. The van der Waals surface area contributed by atoms with Crippen LogP contribution in [0, 0.1) is 5.41 Å². The molecule has 2 unspecified atom stereocenters. The van der Waals surface area contributed by atoms with Crippen molar-refractivity contribution in [2.75, 3.05) is 26.8 Å². The maximum Gasteiger partial charge on any atom is 0.417 e. The van der Waals surface area contributed by atoms with Crippen LogP contribution in [0.25, 0.3) is 0 Å². The normalized spacial score (nSPS) is 31.9. The summed E-state index contributed by atoms with van der Waals surface area (Å²) < 4.78 is 43.8. The first-order valence-electron chi connectivity index (χ1n) is 6.92. The van der Waals surface area contributed by atoms with Crippen molar-refractivity contribution in [2.45, 2.75) is 24.4 Å². The fourth-order valence-corrected chi connectivity index (χ4v) is 4.15. The zero-order valence-corrected chi connectivity index (χ0v) is 12.4. The van der Waals surface area contributed by atoms with Crippen LogP contribution in [0.5, 0.6) is 0 Å². The lowest BCUT2D eigenvalue weighted by Crippen LogP contribution is -2.40. The lowest BCUT2D eigenvalue weighted by Gasteiger charge is -2.31. The number of benzene rings is 1. The minimum atomic E-state index is -4.41. The largest absolute Gasteiger partial charge is 0.417 e. The number of alkyl halides is 3. The second-order valence-corrected chi connectivity index (χ2v) is 6.50. The fraction of sp³-hybridized carbons (Fsp3) is 0.600. The molecule has 0 bridgehead atoms. The van der Waals surface area contributed by atoms with Gasteiger partial charge in [-0.05, 0) is 37.1 Å². The van der Waals surface area contributed by atoms with Crippen LogP contribution in [0.4, 0.5) is 13.2 Å². The molecule has 1 aliphatic carbocycles. The van der Waals surface area contributed by atoms with Crippen LogP contribution >= 0.6 is 11.6 Å². The number of fused-ring (bicyclic) bond motifs is 1. The van der Waals surface area contributed by atoms with Crippen molar-refractivity contribution in [1.29, 1.82) is 0 Å². The summed E-state index contributed by atoms with van der Waals surface area (Å²) in [5.41, 5.74) is 0.0285. The van der Waals surface area contributed by atoms with E-state index in [0.717, 1.165) is 37.6 Å². The summed E-state index contributed by atoms with van der Waals surface area (Å²) in [6.45, 7) is 2.31. The molecular weight excluding hydrogens is 303 g/mol. The first kappa shape index (κ1) is 15.1. The number of rotatable bonds is 3. The molecule has 1 aromatic carbocycles. The van der Waals surface area contributed by atoms with Crippen molar-refractivity contribution in [2.24, 2.45) is 5.41 Å². The molecule has 1 aliphatic heterocycles. The van der Waals surface area contributed by atoms with Crippen LogP contribution in [0.1, 0.15) is 24.0 Å². The van der Waals surface area contributed by atoms with E-state index in [-0.39, 0.29) is 15.9 Å². The quantitative estimate of drug-likeness (QED) is 0.918. The molecular formula is C15H17ClF3NO. The van der Waals surface area contributed by atoms with Gasteiger partial charge in [0, 0.05) is 24.5 Å². The maximum absolute atomic E-state index is 12.8. The number of hydrogen-bond donors (Lipinski definition) is 1. The van der Waals surface area contributed by atoms with Gasteiger partial charge in [-0.25, -0.2) is 0 Å². The highest BCUT2D eigenvalue weighted by Gasteiger charge is 2.68. The zero-order valence-electron chi connectivity index (χ0n) is 11.7. The summed E-state index contributed by atoms with van der Waals surface area (Å²) >= 11 is 5.87. The number of hydrogen-bond acceptors (Lipinski definition) is 2. The van der Waals surface area contributed by atoms with Gasteiger partial charge < -0.3 is 10.1 Å². The Kier molecular flexibility index (Phi) is 3.50. The predicted molar refractivity (Wildman–Crippen MR) is 74.5 cm³/mol. The standard InChI is InChI=1S/C15H17ClF3NO/c1-21-9-13-7-14(13,4-5-20-8-13)10-2-3-11(12(16)6-10)15(17,18)19/h2-3,6,20H,4-5,7-9H2,1H3. The number of nitrogens with one attached hydrogen (secondary N) is 1. The third kappa shape index (κ3) is 2.26. The van der Waals surface area contributed by atoms with Crippen molar-refractivity contribution in [3.63, 3.8) is 0 Å². The Hall–Kier alpha value is -0.780. The lowest BCUT2D eigenvalue weighted by molar-refractivity contribution is -0.137. The minimum absolute atomic E-state index is 0.0108. The summed E-state index contributed by atoms with van der Waals surface area (Å²) in [6.07, 6.45) is -2.57. The van der Waals surface area contributed by atoms with Gasteiger partial charge in [-0.15, -0.1) is 0 Å². The Morgan fingerprint density at radius 3 is 2.76 bits per heavy atom. The zero-order chi connectivity index (χ0) is 15.3. The fourth-order valence-electron chi connectivity index (χ4n) is 3.86. The first-order chi connectivity index (χ1) is 9.85. The van der Waals surface area contributed by atoms with Crippen LogP contribution in [0.2, 0.25) is 5.02 Å². The molecule has 2 atom stereocenters. The van der Waals surface area contributed by atoms with Crippen molar-refractivity contribution in [3.8, 4) is 0 Å². The molecule has 2 fully saturated rings. The van der Waals surface area contributed by atoms with Gasteiger partial charge in [-0.3, -0.25) is 0 Å². The van der Waals surface area contributed by atoms with Crippen LogP contribution in [-0.2, 0) is 16.3 Å². The molecule has 2 aliphatic rings. The van der Waals surface area contributed by atoms with Crippen LogP contribution in [-0.4, -0.2) is 26.8 Å². The van der Waals surface area contributed by atoms with E-state index < -0.39 is 11.7 Å². The number of methoxy groups -OCH3 is 1. The Bertz CT molecular complexity index is 558. The van der Waals surface area contributed by atoms with Gasteiger partial charge in [0.15, 0.2) is 0 Å². The highest BCUT2D eigenvalue weighted by molar-refractivity contribution is 6.31. The van der Waals surface area contributed by atoms with Gasteiger partial charge in [-0.1, -0.05) is 17.7 Å². The lowest BCUT2D eigenvalue weighted by atomic mass is 9.81. The third-order valence-corrected chi connectivity index (χ3v) is 5.28. The van der Waals surface area contributed by atoms with Gasteiger partial charge in [0.2, 0.25) is 0 Å². The van der Waals surface area contributed by atoms with Gasteiger partial charge in [0.25, 0.3) is 0 Å². The van der Waals surface area contributed by atoms with E-state index >= 15 is 0 Å². The molecule has 3 rings (SSSR count). The average molecular weight is 320 g/mol. The maximum atomic E-state index is 12.8. The Morgan fingerprint density at radius 2 is 2.14 bits per heavy atom. The smallest absolute Gasteiger partial charge is 0.384 e. The van der Waals surface area contributed by atoms with E-state index in [4.69, 9.17) is 16.3 Å². The number of ether oxygens (including phenoxy) is 1. The van der Waals surface area contributed by atoms with Gasteiger partial charge >= 0.3 is 6.18 Å². The molecule has 1 saturated carbocycles. The van der Waals surface area contributed by atoms with E-state index in [1.807, 2.05) is 0 Å². The van der Waals surface area contributed by atoms with E-state index in [1.54, 1.807) is 13.2 Å². The average Bonchev–Trinajstić information content (AvgIpc) is 3.07. The summed E-state index contributed by atoms with van der Waals surface area (Å²) in [7, 11) is 1.66. The van der Waals surface area contributed by atoms with Crippen LogP contribution < -0.4 is 5.32 Å². The highest BCUT2D eigenvalue weighted by atomic mass is 35.5. The molecule has 1 saturated heterocycles. The van der Waals surface area contributed by atoms with Crippen molar-refractivity contribution in [3.05, 3.63) is 34.3 Å². The van der Waals surface area contributed by atoms with E-state index in [0.29, 0.717) is 6.61 Å². The van der Waals surface area contributed by atoms with Crippen molar-refractivity contribution < 1.29 is 17.9 Å². The second kappa shape index (κ2) is 4.86. The molecule has 1 aromatic rings. The number of piperidine rings is 1. The molecule has 0 aromatic heterocycles. The van der Waals surface area contributed by atoms with Crippen LogP contribution in [0.15, 0.2) is 18.2 Å². The Labute approximate surface area is 126 Å². The highest BCUT2D eigenvalue weighted by Crippen LogP contribution is 2.68. The summed E-state index contributed by atoms with van der Waals surface area (Å²) in [6, 6.07) is 4.18. The minimum Gasteiger partial charge on any atom is -0.384 e. The summed E-state index contributed by atoms with van der Waals surface area (Å²) in [5.74, 6) is 0. The third-order valence-electron chi connectivity index (χ3n) is 4.97.